The Morgan fingerprint density at radius 3 is 2.88 bits per heavy atom. The van der Waals surface area contributed by atoms with Crippen molar-refractivity contribution in [2.24, 2.45) is 16.8 Å². The van der Waals surface area contributed by atoms with Crippen LogP contribution in [0.3, 0.4) is 0 Å². The molecule has 5 unspecified atom stereocenters. The summed E-state index contributed by atoms with van der Waals surface area (Å²) in [4.78, 5) is 47.2. The Kier molecular flexibility index (Phi) is 5.03. The second-order valence-electron chi connectivity index (χ2n) is 8.58. The molecule has 3 aliphatic heterocycles. The third-order valence-electron chi connectivity index (χ3n) is 6.99. The number of ketones is 2. The monoisotopic (exact) mass is 456 g/mol. The van der Waals surface area contributed by atoms with Gasteiger partial charge in [0, 0.05) is 37.9 Å². The van der Waals surface area contributed by atoms with Crippen LogP contribution in [0.15, 0.2) is 34.6 Å². The van der Waals surface area contributed by atoms with Gasteiger partial charge in [0.1, 0.15) is 12.0 Å². The smallest absolute Gasteiger partial charge is 0.287 e. The van der Waals surface area contributed by atoms with Crippen molar-refractivity contribution in [2.75, 3.05) is 38.7 Å². The summed E-state index contributed by atoms with van der Waals surface area (Å²) in [7, 11) is 1.54. The Bertz CT molecular complexity index is 1100. The number of aromatic nitrogens is 1. The van der Waals surface area contributed by atoms with Crippen LogP contribution >= 0.6 is 0 Å². The first-order valence-electron chi connectivity index (χ1n) is 10.8. The lowest BCUT2D eigenvalue weighted by molar-refractivity contribution is -0.385. The maximum Gasteiger partial charge on any atom is 0.287 e. The number of hydrogen-bond acceptors (Lipinski definition) is 11. The first kappa shape index (κ1) is 21.6. The van der Waals surface area contributed by atoms with E-state index in [-0.39, 0.29) is 48.2 Å². The van der Waals surface area contributed by atoms with Crippen molar-refractivity contribution < 1.29 is 24.4 Å². The third-order valence-corrected chi connectivity index (χ3v) is 6.99. The van der Waals surface area contributed by atoms with Gasteiger partial charge in [0.05, 0.1) is 47.4 Å². The van der Waals surface area contributed by atoms with Crippen molar-refractivity contribution >= 4 is 28.8 Å². The molecule has 12 heteroatoms. The molecule has 1 aliphatic carbocycles. The van der Waals surface area contributed by atoms with Gasteiger partial charge in [-0.3, -0.25) is 24.7 Å². The summed E-state index contributed by atoms with van der Waals surface area (Å²) < 4.78 is 5.87. The molecule has 12 nitrogen and oxygen atoms in total. The summed E-state index contributed by atoms with van der Waals surface area (Å²) in [5, 5.41) is 27.2. The molecule has 0 spiro atoms. The quantitative estimate of drug-likeness (QED) is 0.210. The van der Waals surface area contributed by atoms with Crippen LogP contribution in [0.2, 0.25) is 0 Å². The minimum atomic E-state index is -0.937. The van der Waals surface area contributed by atoms with E-state index in [9.17, 15) is 24.8 Å². The normalized spacial score (nSPS) is 33.3. The second kappa shape index (κ2) is 7.68. The fourth-order valence-corrected chi connectivity index (χ4v) is 5.40. The van der Waals surface area contributed by atoms with Gasteiger partial charge in [-0.1, -0.05) is 0 Å². The lowest BCUT2D eigenvalue weighted by Gasteiger charge is -2.39. The average Bonchev–Trinajstić information content (AvgIpc) is 3.42. The van der Waals surface area contributed by atoms with Gasteiger partial charge in [-0.2, -0.15) is 0 Å². The largest absolute Gasteiger partial charge is 0.396 e. The summed E-state index contributed by atoms with van der Waals surface area (Å²) in [5.41, 5.74) is -0.230. The highest BCUT2D eigenvalue weighted by Crippen LogP contribution is 2.55. The van der Waals surface area contributed by atoms with Gasteiger partial charge in [0.2, 0.25) is 5.78 Å². The van der Waals surface area contributed by atoms with Crippen LogP contribution in [0, 0.1) is 22.0 Å². The van der Waals surface area contributed by atoms with Gasteiger partial charge in [0.15, 0.2) is 11.5 Å². The Morgan fingerprint density at radius 2 is 2.24 bits per heavy atom. The molecule has 3 N–H and O–H groups in total. The Balaban J connectivity index is 1.34. The Morgan fingerprint density at radius 1 is 1.45 bits per heavy atom. The number of aliphatic hydroxyl groups is 1. The zero-order valence-electron chi connectivity index (χ0n) is 18.1. The van der Waals surface area contributed by atoms with Crippen LogP contribution < -0.4 is 10.6 Å². The van der Waals surface area contributed by atoms with E-state index >= 15 is 0 Å². The predicted molar refractivity (Wildman–Crippen MR) is 116 cm³/mol. The number of hydrogen-bond donors (Lipinski definition) is 3. The van der Waals surface area contributed by atoms with Crippen molar-refractivity contribution in [1.29, 1.82) is 0 Å². The number of fused-ring (bicyclic) bond motifs is 4. The van der Waals surface area contributed by atoms with Gasteiger partial charge < -0.3 is 25.4 Å². The highest BCUT2D eigenvalue weighted by atomic mass is 16.6. The van der Waals surface area contributed by atoms with E-state index in [1.54, 1.807) is 14.0 Å². The number of carbonyl (C=O) groups excluding carboxylic acids is 2. The van der Waals surface area contributed by atoms with E-state index in [2.05, 4.69) is 20.6 Å². The molecule has 5 rings (SSSR count). The maximum atomic E-state index is 13.5. The standard InChI is InChI=1S/C21H24N6O6/c1-10-16(23-6-5-22-14-4-3-11(7-24-14)27(31)32)19(30)15-12(9-28)21(33-2)20-13(25-20)8-26(21)17(15)18(10)29/h3-4,7,10,12-13,20,25,28H,5-6,8-9H2,1-2H3,(H,22,24). The number of Topliss-reactive ketones (excluding diaryl/α,β-unsaturated/α-hetero) is 2. The molecule has 33 heavy (non-hydrogen) atoms. The molecule has 4 aliphatic rings. The SMILES string of the molecule is COC12C(CO)C3=C(C(=O)C(C)C(=NCCNc4ccc([N+](=O)[O-])cn4)C3=O)N1CC1NC12. The number of anilines is 1. The van der Waals surface area contributed by atoms with Gasteiger partial charge in [-0.05, 0) is 13.0 Å². The number of carbonyl (C=O) groups is 2. The molecule has 0 radical (unpaired) electrons. The fraction of sp³-hybridized carbons (Fsp3) is 0.524. The number of piperazine rings is 1. The number of nitrogens with one attached hydrogen (secondary N) is 2. The lowest BCUT2D eigenvalue weighted by atomic mass is 9.78. The molecule has 2 fully saturated rings. The molecular formula is C21H24N6O6. The molecule has 174 valence electrons. The first-order valence-corrected chi connectivity index (χ1v) is 10.8. The number of pyridine rings is 1. The third kappa shape index (κ3) is 3.01. The van der Waals surface area contributed by atoms with E-state index in [0.717, 1.165) is 6.20 Å². The van der Waals surface area contributed by atoms with Crippen LogP contribution in [0.1, 0.15) is 6.92 Å². The Labute approximate surface area is 188 Å². The van der Waals surface area contributed by atoms with E-state index < -0.39 is 22.5 Å². The summed E-state index contributed by atoms with van der Waals surface area (Å²) in [6.45, 7) is 2.43. The summed E-state index contributed by atoms with van der Waals surface area (Å²) >= 11 is 0. The van der Waals surface area contributed by atoms with E-state index in [1.165, 1.54) is 12.1 Å². The Hall–Kier alpha value is -3.22. The zero-order valence-corrected chi connectivity index (χ0v) is 18.1. The number of ether oxygens (including phenoxy) is 1. The lowest BCUT2D eigenvalue weighted by Crippen LogP contribution is -2.54. The van der Waals surface area contributed by atoms with Crippen molar-refractivity contribution in [1.82, 2.24) is 15.2 Å². The van der Waals surface area contributed by atoms with Crippen molar-refractivity contribution in [2.45, 2.75) is 24.7 Å². The molecule has 1 aromatic heterocycles. The van der Waals surface area contributed by atoms with Gasteiger partial charge >= 0.3 is 0 Å². The molecule has 5 atom stereocenters. The van der Waals surface area contributed by atoms with Crippen LogP contribution in [0.4, 0.5) is 11.5 Å². The van der Waals surface area contributed by atoms with Crippen LogP contribution in [0.25, 0.3) is 0 Å². The number of nitro groups is 1. The van der Waals surface area contributed by atoms with Gasteiger partial charge in [-0.25, -0.2) is 4.98 Å². The van der Waals surface area contributed by atoms with Crippen LogP contribution in [-0.2, 0) is 14.3 Å². The molecule has 2 saturated heterocycles. The zero-order chi connectivity index (χ0) is 23.5. The molecule has 4 heterocycles. The van der Waals surface area contributed by atoms with E-state index in [1.807, 2.05) is 4.90 Å². The maximum absolute atomic E-state index is 13.5. The summed E-state index contributed by atoms with van der Waals surface area (Å²) in [5.74, 6) is -1.42. The summed E-state index contributed by atoms with van der Waals surface area (Å²) in [6.07, 6.45) is 1.15. The van der Waals surface area contributed by atoms with Crippen LogP contribution in [0.5, 0.6) is 0 Å². The van der Waals surface area contributed by atoms with Gasteiger partial charge in [-0.15, -0.1) is 0 Å². The average molecular weight is 456 g/mol. The molecule has 1 aromatic rings. The van der Waals surface area contributed by atoms with Crippen molar-refractivity contribution in [3.8, 4) is 0 Å². The number of allylic oxidation sites excluding steroid dienone is 1. The van der Waals surface area contributed by atoms with E-state index in [4.69, 9.17) is 4.74 Å². The number of aliphatic hydroxyl groups excluding tert-OH is 1. The molecule has 0 saturated carbocycles. The fourth-order valence-electron chi connectivity index (χ4n) is 5.40. The molecular weight excluding hydrogens is 432 g/mol. The first-order chi connectivity index (χ1) is 15.8. The molecule has 0 amide bonds. The summed E-state index contributed by atoms with van der Waals surface area (Å²) in [6, 6.07) is 2.97. The van der Waals surface area contributed by atoms with Crippen molar-refractivity contribution in [3.05, 3.63) is 39.7 Å². The van der Waals surface area contributed by atoms with Crippen molar-refractivity contribution in [3.63, 3.8) is 0 Å². The number of nitrogens with zero attached hydrogens (tertiary/aromatic N) is 4. The van der Waals surface area contributed by atoms with Crippen LogP contribution in [-0.4, -0.2) is 88.4 Å². The second-order valence-corrected chi connectivity index (χ2v) is 8.58. The minimum absolute atomic E-state index is 0.0417. The van der Waals surface area contributed by atoms with Gasteiger partial charge in [0.25, 0.3) is 5.69 Å². The highest BCUT2D eigenvalue weighted by molar-refractivity contribution is 6.53. The van der Waals surface area contributed by atoms with E-state index in [0.29, 0.717) is 30.2 Å². The highest BCUT2D eigenvalue weighted by Gasteiger charge is 2.72. The molecule has 0 bridgehead atoms. The molecule has 0 aromatic carbocycles. The number of rotatable bonds is 7. The number of methoxy groups -OCH3 is 1. The number of aliphatic imine (C=N–C) groups is 1. The minimum Gasteiger partial charge on any atom is -0.396 e. The predicted octanol–water partition coefficient (Wildman–Crippen LogP) is -0.494. The topological polar surface area (TPSA) is 169 Å².